The Morgan fingerprint density at radius 2 is 1.65 bits per heavy atom. The Bertz CT molecular complexity index is 766. The molecule has 23 heavy (non-hydrogen) atoms. The largest absolute Gasteiger partial charge is 0.431 e. The van der Waals surface area contributed by atoms with Crippen molar-refractivity contribution in [1.82, 2.24) is 9.97 Å². The number of hydrogen-bond acceptors (Lipinski definition) is 2. The summed E-state index contributed by atoms with van der Waals surface area (Å²) in [7, 11) is 0. The zero-order chi connectivity index (χ0) is 17.3. The standard InChI is InChI=1S/C17H17F3N2O/c1-16(2,3)12-7-4-11(5-8-12)6-9-13-10-14(17(18,19)20)22-15(23)21-13/h4-10H,1-3H3,(H,21,22,23). The van der Waals surface area contributed by atoms with Gasteiger partial charge in [0.25, 0.3) is 0 Å². The van der Waals surface area contributed by atoms with Crippen LogP contribution in [-0.2, 0) is 11.6 Å². The number of aromatic amines is 1. The third-order valence-corrected chi connectivity index (χ3v) is 3.29. The lowest BCUT2D eigenvalue weighted by molar-refractivity contribution is -0.141. The molecule has 0 saturated heterocycles. The van der Waals surface area contributed by atoms with E-state index >= 15 is 0 Å². The molecule has 0 aliphatic heterocycles. The minimum Gasteiger partial charge on any atom is -0.302 e. The Balaban J connectivity index is 2.27. The molecule has 0 fully saturated rings. The summed E-state index contributed by atoms with van der Waals surface area (Å²) in [4.78, 5) is 16.4. The van der Waals surface area contributed by atoms with Crippen LogP contribution in [0.2, 0.25) is 0 Å². The van der Waals surface area contributed by atoms with E-state index in [0.29, 0.717) is 0 Å². The SMILES string of the molecule is CC(C)(C)c1ccc(C=Cc2cc(C(F)(F)F)[nH]c(=O)n2)cc1. The van der Waals surface area contributed by atoms with Crippen LogP contribution in [0.25, 0.3) is 12.2 Å². The zero-order valence-electron chi connectivity index (χ0n) is 13.0. The van der Waals surface area contributed by atoms with Crippen LogP contribution in [0.15, 0.2) is 35.1 Å². The Labute approximate surface area is 131 Å². The molecule has 0 radical (unpaired) electrons. The number of benzene rings is 1. The average molecular weight is 322 g/mol. The lowest BCUT2D eigenvalue weighted by Gasteiger charge is -2.18. The second-order valence-electron chi connectivity index (χ2n) is 6.23. The third kappa shape index (κ3) is 4.55. The topological polar surface area (TPSA) is 45.8 Å². The molecule has 122 valence electrons. The summed E-state index contributed by atoms with van der Waals surface area (Å²) in [5.74, 6) is 0. The van der Waals surface area contributed by atoms with Crippen LogP contribution in [0.4, 0.5) is 13.2 Å². The molecule has 6 heteroatoms. The van der Waals surface area contributed by atoms with Crippen molar-refractivity contribution < 1.29 is 13.2 Å². The Morgan fingerprint density at radius 3 is 2.17 bits per heavy atom. The summed E-state index contributed by atoms with van der Waals surface area (Å²) in [5.41, 5.74) is -0.182. The molecule has 0 bridgehead atoms. The molecule has 3 nitrogen and oxygen atoms in total. The summed E-state index contributed by atoms with van der Waals surface area (Å²) >= 11 is 0. The van der Waals surface area contributed by atoms with Crippen molar-refractivity contribution in [2.45, 2.75) is 32.4 Å². The predicted molar refractivity (Wildman–Crippen MR) is 83.9 cm³/mol. The smallest absolute Gasteiger partial charge is 0.302 e. The van der Waals surface area contributed by atoms with Gasteiger partial charge in [0.15, 0.2) is 0 Å². The first-order valence-corrected chi connectivity index (χ1v) is 7.03. The van der Waals surface area contributed by atoms with Crippen molar-refractivity contribution in [3.63, 3.8) is 0 Å². The van der Waals surface area contributed by atoms with Gasteiger partial charge >= 0.3 is 11.9 Å². The van der Waals surface area contributed by atoms with E-state index in [1.54, 1.807) is 11.1 Å². The molecular formula is C17H17F3N2O. The van der Waals surface area contributed by atoms with E-state index in [-0.39, 0.29) is 11.1 Å². The van der Waals surface area contributed by atoms with E-state index in [2.05, 4.69) is 25.8 Å². The van der Waals surface area contributed by atoms with E-state index in [0.717, 1.165) is 17.2 Å². The monoisotopic (exact) mass is 322 g/mol. The van der Waals surface area contributed by atoms with Gasteiger partial charge in [-0.25, -0.2) is 4.79 Å². The van der Waals surface area contributed by atoms with E-state index in [1.807, 2.05) is 24.3 Å². The van der Waals surface area contributed by atoms with Crippen molar-refractivity contribution >= 4 is 12.2 Å². The van der Waals surface area contributed by atoms with E-state index in [1.165, 1.54) is 6.08 Å². The Kier molecular flexibility index (Phi) is 4.45. The number of nitrogens with zero attached hydrogens (tertiary/aromatic N) is 1. The van der Waals surface area contributed by atoms with Crippen LogP contribution in [0, 0.1) is 0 Å². The number of nitrogens with one attached hydrogen (secondary N) is 1. The number of halogens is 3. The molecule has 1 aromatic carbocycles. The maximum atomic E-state index is 12.6. The molecule has 0 saturated carbocycles. The fraction of sp³-hybridized carbons (Fsp3) is 0.294. The summed E-state index contributed by atoms with van der Waals surface area (Å²) in [6.45, 7) is 6.28. The lowest BCUT2D eigenvalue weighted by atomic mass is 9.87. The fourth-order valence-corrected chi connectivity index (χ4v) is 1.99. The number of rotatable bonds is 2. The van der Waals surface area contributed by atoms with Crippen molar-refractivity contribution in [2.24, 2.45) is 0 Å². The zero-order valence-corrected chi connectivity index (χ0v) is 13.0. The molecule has 1 N–H and O–H groups in total. The highest BCUT2D eigenvalue weighted by atomic mass is 19.4. The van der Waals surface area contributed by atoms with Gasteiger partial charge in [-0.15, -0.1) is 0 Å². The van der Waals surface area contributed by atoms with Crippen LogP contribution in [-0.4, -0.2) is 9.97 Å². The lowest BCUT2D eigenvalue weighted by Crippen LogP contribution is -2.19. The van der Waals surface area contributed by atoms with E-state index in [9.17, 15) is 18.0 Å². The van der Waals surface area contributed by atoms with E-state index < -0.39 is 17.6 Å². The van der Waals surface area contributed by atoms with Crippen molar-refractivity contribution in [2.75, 3.05) is 0 Å². The third-order valence-electron chi connectivity index (χ3n) is 3.29. The van der Waals surface area contributed by atoms with E-state index in [4.69, 9.17) is 0 Å². The van der Waals surface area contributed by atoms with Gasteiger partial charge in [0, 0.05) is 0 Å². The highest BCUT2D eigenvalue weighted by Gasteiger charge is 2.32. The second kappa shape index (κ2) is 6.02. The van der Waals surface area contributed by atoms with Crippen LogP contribution in [0.5, 0.6) is 0 Å². The number of hydrogen-bond donors (Lipinski definition) is 1. The van der Waals surface area contributed by atoms with Crippen LogP contribution >= 0.6 is 0 Å². The van der Waals surface area contributed by atoms with Gasteiger partial charge in [0.2, 0.25) is 0 Å². The molecule has 0 aliphatic rings. The molecule has 0 spiro atoms. The Hall–Kier alpha value is -2.37. The summed E-state index contributed by atoms with van der Waals surface area (Å²) in [6, 6.07) is 8.48. The minimum absolute atomic E-state index is 0.0259. The van der Waals surface area contributed by atoms with Gasteiger partial charge in [-0.1, -0.05) is 51.1 Å². The molecule has 0 atom stereocenters. The van der Waals surface area contributed by atoms with Crippen molar-refractivity contribution in [1.29, 1.82) is 0 Å². The molecule has 1 heterocycles. The Morgan fingerprint density at radius 1 is 1.04 bits per heavy atom. The van der Waals surface area contributed by atoms with Crippen LogP contribution < -0.4 is 5.69 Å². The molecular weight excluding hydrogens is 305 g/mol. The van der Waals surface area contributed by atoms with Gasteiger partial charge in [-0.05, 0) is 28.7 Å². The van der Waals surface area contributed by atoms with Crippen LogP contribution in [0.1, 0.15) is 43.3 Å². The number of alkyl halides is 3. The van der Waals surface area contributed by atoms with Crippen molar-refractivity contribution in [3.05, 3.63) is 63.3 Å². The molecule has 2 rings (SSSR count). The van der Waals surface area contributed by atoms with Crippen molar-refractivity contribution in [3.8, 4) is 0 Å². The summed E-state index contributed by atoms with van der Waals surface area (Å²) in [5, 5.41) is 0. The molecule has 2 aromatic rings. The van der Waals surface area contributed by atoms with Gasteiger partial charge < -0.3 is 4.98 Å². The first kappa shape index (κ1) is 17.0. The summed E-state index contributed by atoms with van der Waals surface area (Å²) in [6.07, 6.45) is -1.61. The average Bonchev–Trinajstić information content (AvgIpc) is 2.43. The van der Waals surface area contributed by atoms with Gasteiger partial charge in [0.1, 0.15) is 5.69 Å². The number of aromatic nitrogens is 2. The predicted octanol–water partition coefficient (Wildman–Crippen LogP) is 4.26. The minimum atomic E-state index is -4.61. The van der Waals surface area contributed by atoms with Gasteiger partial charge in [0.05, 0.1) is 5.69 Å². The van der Waals surface area contributed by atoms with Gasteiger partial charge in [-0.2, -0.15) is 18.2 Å². The summed E-state index contributed by atoms with van der Waals surface area (Å²) < 4.78 is 37.9. The number of H-pyrrole nitrogens is 1. The van der Waals surface area contributed by atoms with Gasteiger partial charge in [-0.3, -0.25) is 0 Å². The second-order valence-corrected chi connectivity index (χ2v) is 6.23. The first-order chi connectivity index (χ1) is 10.6. The molecule has 0 amide bonds. The maximum absolute atomic E-state index is 12.6. The maximum Gasteiger partial charge on any atom is 0.431 e. The molecule has 0 unspecified atom stereocenters. The highest BCUT2D eigenvalue weighted by molar-refractivity contribution is 5.68. The first-order valence-electron chi connectivity index (χ1n) is 7.03. The quantitative estimate of drug-likeness (QED) is 0.898. The normalized spacial score (nSPS) is 12.8. The highest BCUT2D eigenvalue weighted by Crippen LogP contribution is 2.27. The van der Waals surface area contributed by atoms with Crippen LogP contribution in [0.3, 0.4) is 0 Å². The fourth-order valence-electron chi connectivity index (χ4n) is 1.99. The molecule has 1 aromatic heterocycles. The molecule has 0 aliphatic carbocycles.